The predicted octanol–water partition coefficient (Wildman–Crippen LogP) is 1.12. The highest BCUT2D eigenvalue weighted by atomic mass is 16.3. The molecular formula is C14H24N4O2. The van der Waals surface area contributed by atoms with E-state index in [1.54, 1.807) is 11.0 Å². The third kappa shape index (κ3) is 4.30. The lowest BCUT2D eigenvalue weighted by Gasteiger charge is -2.40. The van der Waals surface area contributed by atoms with Gasteiger partial charge >= 0.3 is 0 Å². The fourth-order valence-corrected chi connectivity index (χ4v) is 2.48. The minimum atomic E-state index is -0.738. The first-order chi connectivity index (χ1) is 9.39. The molecule has 1 saturated carbocycles. The summed E-state index contributed by atoms with van der Waals surface area (Å²) in [5, 5.41) is 17.2. The Morgan fingerprint density at radius 3 is 2.65 bits per heavy atom. The van der Waals surface area contributed by atoms with E-state index in [2.05, 4.69) is 29.2 Å². The average Bonchev–Trinajstić information content (AvgIpc) is 2.92. The molecule has 1 aromatic rings. The largest absolute Gasteiger partial charge is 0.388 e. The van der Waals surface area contributed by atoms with E-state index >= 15 is 0 Å². The Balaban J connectivity index is 1.70. The molecule has 6 nitrogen and oxygen atoms in total. The van der Waals surface area contributed by atoms with Gasteiger partial charge < -0.3 is 10.4 Å². The van der Waals surface area contributed by atoms with E-state index in [-0.39, 0.29) is 5.91 Å². The number of aliphatic hydroxyl groups is 1. The van der Waals surface area contributed by atoms with Crippen molar-refractivity contribution in [3.8, 4) is 0 Å². The molecule has 112 valence electrons. The van der Waals surface area contributed by atoms with Crippen LogP contribution in [0.15, 0.2) is 12.7 Å². The van der Waals surface area contributed by atoms with Gasteiger partial charge in [0.25, 0.3) is 0 Å². The van der Waals surface area contributed by atoms with Crippen molar-refractivity contribution in [2.45, 2.75) is 58.1 Å². The standard InChI is InChI=1S/C14H24N4O2/c1-13(2)4-6-14(20,7-5-13)9-16-12(19)3-8-18-11-15-10-17-18/h10-11,20H,3-9H2,1-2H3,(H,16,19). The molecule has 0 bridgehead atoms. The van der Waals surface area contributed by atoms with Gasteiger partial charge in [-0.2, -0.15) is 5.10 Å². The molecule has 20 heavy (non-hydrogen) atoms. The molecule has 1 amide bonds. The lowest BCUT2D eigenvalue weighted by molar-refractivity contribution is -0.123. The van der Waals surface area contributed by atoms with E-state index in [1.807, 2.05) is 0 Å². The summed E-state index contributed by atoms with van der Waals surface area (Å²) in [5.41, 5.74) is -0.429. The smallest absolute Gasteiger partial charge is 0.221 e. The Morgan fingerprint density at radius 1 is 1.35 bits per heavy atom. The van der Waals surface area contributed by atoms with Gasteiger partial charge in [-0.25, -0.2) is 4.98 Å². The highest BCUT2D eigenvalue weighted by Gasteiger charge is 2.36. The van der Waals surface area contributed by atoms with Gasteiger partial charge in [0.2, 0.25) is 5.91 Å². The minimum Gasteiger partial charge on any atom is -0.388 e. The van der Waals surface area contributed by atoms with Crippen LogP contribution in [0.4, 0.5) is 0 Å². The maximum absolute atomic E-state index is 11.8. The zero-order valence-corrected chi connectivity index (χ0v) is 12.3. The molecule has 1 aromatic heterocycles. The quantitative estimate of drug-likeness (QED) is 0.847. The Hall–Kier alpha value is -1.43. The molecule has 1 aliphatic rings. The Labute approximate surface area is 119 Å². The van der Waals surface area contributed by atoms with Gasteiger partial charge in [0, 0.05) is 13.0 Å². The molecule has 0 saturated heterocycles. The van der Waals surface area contributed by atoms with Gasteiger partial charge in [-0.15, -0.1) is 0 Å². The zero-order valence-electron chi connectivity index (χ0n) is 12.3. The lowest BCUT2D eigenvalue weighted by Crippen LogP contribution is -2.46. The first-order valence-electron chi connectivity index (χ1n) is 7.20. The fraction of sp³-hybridized carbons (Fsp3) is 0.786. The topological polar surface area (TPSA) is 80.0 Å². The van der Waals surface area contributed by atoms with Gasteiger partial charge in [-0.1, -0.05) is 13.8 Å². The van der Waals surface area contributed by atoms with Crippen LogP contribution in [0.25, 0.3) is 0 Å². The molecule has 0 aromatic carbocycles. The van der Waals surface area contributed by atoms with E-state index in [9.17, 15) is 9.90 Å². The number of aryl methyl sites for hydroxylation is 1. The Morgan fingerprint density at radius 2 is 2.05 bits per heavy atom. The van der Waals surface area contributed by atoms with Crippen molar-refractivity contribution >= 4 is 5.91 Å². The SMILES string of the molecule is CC1(C)CCC(O)(CNC(=O)CCn2cncn2)CC1. The van der Waals surface area contributed by atoms with Crippen LogP contribution < -0.4 is 5.32 Å². The van der Waals surface area contributed by atoms with E-state index in [1.165, 1.54) is 6.33 Å². The summed E-state index contributed by atoms with van der Waals surface area (Å²) >= 11 is 0. The normalized spacial score (nSPS) is 20.6. The molecule has 1 fully saturated rings. The molecule has 2 rings (SSSR count). The second-order valence-electron chi connectivity index (χ2n) is 6.57. The summed E-state index contributed by atoms with van der Waals surface area (Å²) in [6, 6.07) is 0. The Bertz CT molecular complexity index is 432. The van der Waals surface area contributed by atoms with Crippen LogP contribution in [0.1, 0.15) is 46.0 Å². The van der Waals surface area contributed by atoms with E-state index in [0.29, 0.717) is 24.9 Å². The second-order valence-corrected chi connectivity index (χ2v) is 6.57. The number of amides is 1. The molecule has 0 atom stereocenters. The summed E-state index contributed by atoms with van der Waals surface area (Å²) < 4.78 is 1.62. The van der Waals surface area contributed by atoms with Crippen molar-refractivity contribution in [3.05, 3.63) is 12.7 Å². The maximum atomic E-state index is 11.8. The van der Waals surface area contributed by atoms with E-state index in [0.717, 1.165) is 25.7 Å². The molecule has 6 heteroatoms. The van der Waals surface area contributed by atoms with Crippen LogP contribution in [0.3, 0.4) is 0 Å². The first-order valence-corrected chi connectivity index (χ1v) is 7.20. The van der Waals surface area contributed by atoms with Crippen LogP contribution in [0, 0.1) is 5.41 Å². The Kier molecular flexibility index (Phi) is 4.42. The van der Waals surface area contributed by atoms with Crippen LogP contribution in [0.2, 0.25) is 0 Å². The maximum Gasteiger partial charge on any atom is 0.221 e. The summed E-state index contributed by atoms with van der Waals surface area (Å²) in [7, 11) is 0. The minimum absolute atomic E-state index is 0.0567. The molecule has 0 radical (unpaired) electrons. The number of nitrogens with zero attached hydrogens (tertiary/aromatic N) is 3. The summed E-state index contributed by atoms with van der Waals surface area (Å²) in [5.74, 6) is -0.0567. The number of carbonyl (C=O) groups excluding carboxylic acids is 1. The van der Waals surface area contributed by atoms with Crippen LogP contribution in [-0.2, 0) is 11.3 Å². The van der Waals surface area contributed by atoms with Crippen LogP contribution in [-0.4, -0.2) is 37.9 Å². The molecule has 0 aliphatic heterocycles. The van der Waals surface area contributed by atoms with Crippen molar-refractivity contribution in [1.82, 2.24) is 20.1 Å². The van der Waals surface area contributed by atoms with Gasteiger partial charge in [-0.05, 0) is 31.1 Å². The first kappa shape index (κ1) is 15.0. The van der Waals surface area contributed by atoms with Gasteiger partial charge in [0.1, 0.15) is 12.7 Å². The molecule has 2 N–H and O–H groups in total. The van der Waals surface area contributed by atoms with Gasteiger partial charge in [0.15, 0.2) is 0 Å². The van der Waals surface area contributed by atoms with Gasteiger partial charge in [-0.3, -0.25) is 9.48 Å². The number of aromatic nitrogens is 3. The monoisotopic (exact) mass is 280 g/mol. The number of nitrogens with one attached hydrogen (secondary N) is 1. The van der Waals surface area contributed by atoms with Crippen LogP contribution >= 0.6 is 0 Å². The van der Waals surface area contributed by atoms with Crippen LogP contribution in [0.5, 0.6) is 0 Å². The van der Waals surface area contributed by atoms with E-state index in [4.69, 9.17) is 0 Å². The molecule has 1 aliphatic carbocycles. The molecule has 0 spiro atoms. The zero-order chi connectivity index (χ0) is 14.6. The highest BCUT2D eigenvalue weighted by Crippen LogP contribution is 2.39. The van der Waals surface area contributed by atoms with E-state index < -0.39 is 5.60 Å². The second kappa shape index (κ2) is 5.91. The lowest BCUT2D eigenvalue weighted by atomic mass is 9.71. The summed E-state index contributed by atoms with van der Waals surface area (Å²) in [4.78, 5) is 15.6. The third-order valence-corrected chi connectivity index (χ3v) is 4.18. The summed E-state index contributed by atoms with van der Waals surface area (Å²) in [6.07, 6.45) is 6.89. The highest BCUT2D eigenvalue weighted by molar-refractivity contribution is 5.75. The fourth-order valence-electron chi connectivity index (χ4n) is 2.48. The average molecular weight is 280 g/mol. The molecule has 0 unspecified atom stereocenters. The molecule has 1 heterocycles. The molecular weight excluding hydrogens is 256 g/mol. The van der Waals surface area contributed by atoms with Crippen molar-refractivity contribution in [2.75, 3.05) is 6.54 Å². The number of rotatable bonds is 5. The number of hydrogen-bond acceptors (Lipinski definition) is 4. The van der Waals surface area contributed by atoms with Crippen molar-refractivity contribution < 1.29 is 9.90 Å². The number of carbonyl (C=O) groups is 1. The van der Waals surface area contributed by atoms with Crippen molar-refractivity contribution in [1.29, 1.82) is 0 Å². The van der Waals surface area contributed by atoms with Gasteiger partial charge in [0.05, 0.1) is 12.1 Å². The van der Waals surface area contributed by atoms with Crippen molar-refractivity contribution in [3.63, 3.8) is 0 Å². The summed E-state index contributed by atoms with van der Waals surface area (Å²) in [6.45, 7) is 5.31. The van der Waals surface area contributed by atoms with Crippen molar-refractivity contribution in [2.24, 2.45) is 5.41 Å². The predicted molar refractivity (Wildman–Crippen MR) is 74.8 cm³/mol. The third-order valence-electron chi connectivity index (χ3n) is 4.18. The number of hydrogen-bond donors (Lipinski definition) is 2.